The van der Waals surface area contributed by atoms with E-state index in [4.69, 9.17) is 23.2 Å². The van der Waals surface area contributed by atoms with E-state index in [-0.39, 0.29) is 24.1 Å². The third-order valence-electron chi connectivity index (χ3n) is 5.70. The molecule has 2 amide bonds. The molecule has 0 radical (unpaired) electrons. The van der Waals surface area contributed by atoms with E-state index in [2.05, 4.69) is 30.4 Å². The molecule has 196 valence electrons. The maximum atomic E-state index is 13.7. The van der Waals surface area contributed by atoms with Gasteiger partial charge in [0.25, 0.3) is 0 Å². The Morgan fingerprint density at radius 2 is 1.65 bits per heavy atom. The highest BCUT2D eigenvalue weighted by atomic mass is 35.5. The highest BCUT2D eigenvalue weighted by Gasteiger charge is 2.32. The molecule has 7 heteroatoms. The maximum Gasteiger partial charge on any atom is 0.243 e. The Bertz CT molecular complexity index is 1210. The molecule has 4 nitrogen and oxygen atoms in total. The number of hydrogen-bond donors (Lipinski definition) is 1. The summed E-state index contributed by atoms with van der Waals surface area (Å²) in [5.41, 5.74) is 3.62. The van der Waals surface area contributed by atoms with Crippen molar-refractivity contribution in [3.63, 3.8) is 0 Å². The number of nitrogens with zero attached hydrogens (tertiary/aromatic N) is 1. The number of rotatable bonds is 10. The van der Waals surface area contributed by atoms with Crippen molar-refractivity contribution in [3.8, 4) is 0 Å². The number of halogens is 2. The van der Waals surface area contributed by atoms with Gasteiger partial charge in [0.05, 0.1) is 5.75 Å². The molecule has 1 N–H and O–H groups in total. The van der Waals surface area contributed by atoms with E-state index >= 15 is 0 Å². The van der Waals surface area contributed by atoms with Crippen LogP contribution in [0.3, 0.4) is 0 Å². The van der Waals surface area contributed by atoms with Crippen molar-refractivity contribution in [2.45, 2.75) is 58.0 Å². The third kappa shape index (κ3) is 9.41. The van der Waals surface area contributed by atoms with Gasteiger partial charge in [-0.15, -0.1) is 11.8 Å². The van der Waals surface area contributed by atoms with Gasteiger partial charge in [0.15, 0.2) is 0 Å². The second-order valence-electron chi connectivity index (χ2n) is 10.2. The SMILES string of the molecule is Cc1cccc(CSCC(=O)N(Cc2ccc(Cl)cc2Cl)[C@@H](Cc2ccccc2)C(=O)NC(C)(C)C)c1. The van der Waals surface area contributed by atoms with Gasteiger partial charge in [0.1, 0.15) is 6.04 Å². The summed E-state index contributed by atoms with van der Waals surface area (Å²) in [7, 11) is 0. The first-order valence-electron chi connectivity index (χ1n) is 12.2. The molecule has 3 aromatic carbocycles. The van der Waals surface area contributed by atoms with Crippen LogP contribution < -0.4 is 5.32 Å². The summed E-state index contributed by atoms with van der Waals surface area (Å²) in [5.74, 6) is 0.639. The molecule has 0 aromatic heterocycles. The summed E-state index contributed by atoms with van der Waals surface area (Å²) < 4.78 is 0. The van der Waals surface area contributed by atoms with E-state index in [1.165, 1.54) is 5.56 Å². The molecule has 0 aliphatic rings. The second-order valence-corrected chi connectivity index (χ2v) is 12.0. The summed E-state index contributed by atoms with van der Waals surface area (Å²) >= 11 is 14.2. The minimum Gasteiger partial charge on any atom is -0.350 e. The van der Waals surface area contributed by atoms with E-state index in [1.54, 1.807) is 28.8 Å². The van der Waals surface area contributed by atoms with Crippen molar-refractivity contribution in [1.82, 2.24) is 10.2 Å². The number of carbonyl (C=O) groups is 2. The van der Waals surface area contributed by atoms with Crippen LogP contribution >= 0.6 is 35.0 Å². The van der Waals surface area contributed by atoms with E-state index in [0.717, 1.165) is 16.7 Å². The van der Waals surface area contributed by atoms with Crippen LogP contribution in [0, 0.1) is 6.92 Å². The number of benzene rings is 3. The highest BCUT2D eigenvalue weighted by Crippen LogP contribution is 2.25. The van der Waals surface area contributed by atoms with Crippen LogP contribution in [0.15, 0.2) is 72.8 Å². The molecule has 3 rings (SSSR count). The van der Waals surface area contributed by atoms with E-state index < -0.39 is 11.6 Å². The molecule has 3 aromatic rings. The largest absolute Gasteiger partial charge is 0.350 e. The quantitative estimate of drug-likeness (QED) is 0.290. The number of thioether (sulfide) groups is 1. The molecule has 0 bridgehead atoms. The summed E-state index contributed by atoms with van der Waals surface area (Å²) in [6.07, 6.45) is 0.391. The summed E-state index contributed by atoms with van der Waals surface area (Å²) in [6.45, 7) is 8.06. The highest BCUT2D eigenvalue weighted by molar-refractivity contribution is 7.99. The Balaban J connectivity index is 1.90. The Morgan fingerprint density at radius 3 is 2.30 bits per heavy atom. The monoisotopic (exact) mass is 556 g/mol. The van der Waals surface area contributed by atoms with Crippen molar-refractivity contribution >= 4 is 46.8 Å². The molecule has 37 heavy (non-hydrogen) atoms. The van der Waals surface area contributed by atoms with Gasteiger partial charge in [-0.3, -0.25) is 9.59 Å². The summed E-state index contributed by atoms with van der Waals surface area (Å²) in [6, 6.07) is 22.5. The zero-order chi connectivity index (χ0) is 27.0. The standard InChI is InChI=1S/C30H34Cl2N2O2S/c1-21-9-8-12-23(15-21)19-37-20-28(35)34(18-24-13-14-25(31)17-26(24)32)27(29(36)33-30(2,3)4)16-22-10-6-5-7-11-22/h5-15,17,27H,16,18-20H2,1-4H3,(H,33,36)/t27-/m0/s1. The fraction of sp³-hybridized carbons (Fsp3) is 0.333. The van der Waals surface area contributed by atoms with Crippen molar-refractivity contribution in [2.24, 2.45) is 0 Å². The van der Waals surface area contributed by atoms with E-state index in [1.807, 2.05) is 63.2 Å². The lowest BCUT2D eigenvalue weighted by Gasteiger charge is -2.34. The van der Waals surface area contributed by atoms with Gasteiger partial charge in [0, 0.05) is 34.3 Å². The van der Waals surface area contributed by atoms with Gasteiger partial charge >= 0.3 is 0 Å². The molecule has 0 saturated heterocycles. The van der Waals surface area contributed by atoms with Gasteiger partial charge in [-0.25, -0.2) is 0 Å². The van der Waals surface area contributed by atoms with Gasteiger partial charge in [-0.2, -0.15) is 0 Å². The predicted octanol–water partition coefficient (Wildman–Crippen LogP) is 7.09. The van der Waals surface area contributed by atoms with Crippen molar-refractivity contribution in [3.05, 3.63) is 105 Å². The molecule has 0 unspecified atom stereocenters. The average Bonchev–Trinajstić information content (AvgIpc) is 2.82. The first-order valence-corrected chi connectivity index (χ1v) is 14.2. The molecule has 0 fully saturated rings. The van der Waals surface area contributed by atoms with Crippen LogP contribution in [-0.4, -0.2) is 34.0 Å². The Kier molecular flexibility index (Phi) is 10.5. The average molecular weight is 558 g/mol. The molecular formula is C30H34Cl2N2O2S. The normalized spacial score (nSPS) is 12.2. The number of amides is 2. The van der Waals surface area contributed by atoms with Crippen molar-refractivity contribution in [2.75, 3.05) is 5.75 Å². The predicted molar refractivity (Wildman–Crippen MR) is 156 cm³/mol. The molecule has 0 saturated carbocycles. The summed E-state index contributed by atoms with van der Waals surface area (Å²) in [4.78, 5) is 29.0. The number of hydrogen-bond acceptors (Lipinski definition) is 3. The van der Waals surface area contributed by atoms with Crippen molar-refractivity contribution in [1.29, 1.82) is 0 Å². The minimum absolute atomic E-state index is 0.117. The lowest BCUT2D eigenvalue weighted by molar-refractivity contribution is -0.140. The van der Waals surface area contributed by atoms with Gasteiger partial charge in [0.2, 0.25) is 11.8 Å². The number of aryl methyl sites for hydroxylation is 1. The fourth-order valence-corrected chi connectivity index (χ4v) is 5.31. The number of nitrogens with one attached hydrogen (secondary N) is 1. The van der Waals surface area contributed by atoms with Crippen LogP contribution in [0.25, 0.3) is 0 Å². The first kappa shape index (κ1) is 29.1. The molecule has 0 aliphatic heterocycles. The molecule has 0 aliphatic carbocycles. The van der Waals surface area contributed by atoms with E-state index in [0.29, 0.717) is 22.2 Å². The number of carbonyl (C=O) groups excluding carboxylic acids is 2. The van der Waals surface area contributed by atoms with Crippen LogP contribution in [0.5, 0.6) is 0 Å². The third-order valence-corrected chi connectivity index (χ3v) is 7.28. The van der Waals surface area contributed by atoms with Gasteiger partial charge < -0.3 is 10.2 Å². The maximum absolute atomic E-state index is 13.7. The Morgan fingerprint density at radius 1 is 0.946 bits per heavy atom. The second kappa shape index (κ2) is 13.4. The zero-order valence-corrected chi connectivity index (χ0v) is 24.1. The molecule has 1 atom stereocenters. The first-order chi connectivity index (χ1) is 17.5. The lowest BCUT2D eigenvalue weighted by Crippen LogP contribution is -2.54. The fourth-order valence-electron chi connectivity index (χ4n) is 3.98. The van der Waals surface area contributed by atoms with Crippen LogP contribution in [0.2, 0.25) is 10.0 Å². The molecular weight excluding hydrogens is 523 g/mol. The van der Waals surface area contributed by atoms with Crippen LogP contribution in [0.4, 0.5) is 0 Å². The van der Waals surface area contributed by atoms with Crippen molar-refractivity contribution < 1.29 is 9.59 Å². The van der Waals surface area contributed by atoms with Gasteiger partial charge in [-0.1, -0.05) is 89.4 Å². The zero-order valence-electron chi connectivity index (χ0n) is 21.8. The topological polar surface area (TPSA) is 49.4 Å². The summed E-state index contributed by atoms with van der Waals surface area (Å²) in [5, 5.41) is 4.06. The Labute approximate surface area is 234 Å². The smallest absolute Gasteiger partial charge is 0.243 e. The Hall–Kier alpha value is -2.47. The van der Waals surface area contributed by atoms with Crippen LogP contribution in [-0.2, 0) is 28.3 Å². The van der Waals surface area contributed by atoms with Gasteiger partial charge in [-0.05, 0) is 56.5 Å². The van der Waals surface area contributed by atoms with E-state index in [9.17, 15) is 9.59 Å². The molecule has 0 heterocycles. The minimum atomic E-state index is -0.708. The van der Waals surface area contributed by atoms with Crippen LogP contribution in [0.1, 0.15) is 43.0 Å². The molecule has 0 spiro atoms. The lowest BCUT2D eigenvalue weighted by atomic mass is 10.0.